The first-order chi connectivity index (χ1) is 9.93. The van der Waals surface area contributed by atoms with Crippen molar-refractivity contribution < 1.29 is 18.0 Å². The molecular weight excluding hydrogens is 281 g/mol. The van der Waals surface area contributed by atoms with Crippen LogP contribution in [0.4, 0.5) is 13.2 Å². The second-order valence-electron chi connectivity index (χ2n) is 5.43. The molecule has 0 spiro atoms. The Kier molecular flexibility index (Phi) is 4.88. The van der Waals surface area contributed by atoms with Crippen LogP contribution >= 0.6 is 0 Å². The summed E-state index contributed by atoms with van der Waals surface area (Å²) in [5, 5.41) is 3.33. The Morgan fingerprint density at radius 3 is 2.48 bits per heavy atom. The third kappa shape index (κ3) is 3.37. The van der Waals surface area contributed by atoms with Gasteiger partial charge in [0.25, 0.3) is 5.91 Å². The Morgan fingerprint density at radius 1 is 1.33 bits per heavy atom. The number of likely N-dealkylation sites (tertiary alicyclic amines) is 1. The highest BCUT2D eigenvalue weighted by Crippen LogP contribution is 2.22. The zero-order chi connectivity index (χ0) is 15.6. The number of nitrogens with one attached hydrogen (secondary N) is 1. The van der Waals surface area contributed by atoms with Crippen molar-refractivity contribution in [2.24, 2.45) is 5.92 Å². The van der Waals surface area contributed by atoms with Crippen molar-refractivity contribution in [3.05, 3.63) is 35.1 Å². The van der Waals surface area contributed by atoms with E-state index in [2.05, 4.69) is 5.32 Å². The molecule has 3 nitrogen and oxygen atoms in total. The number of piperidine rings is 1. The van der Waals surface area contributed by atoms with Gasteiger partial charge >= 0.3 is 0 Å². The van der Waals surface area contributed by atoms with Gasteiger partial charge in [0.05, 0.1) is 0 Å². The Morgan fingerprint density at radius 2 is 1.95 bits per heavy atom. The van der Waals surface area contributed by atoms with E-state index >= 15 is 0 Å². The molecule has 2 atom stereocenters. The molecule has 0 aromatic heterocycles. The van der Waals surface area contributed by atoms with Gasteiger partial charge in [-0.2, -0.15) is 0 Å². The predicted molar refractivity (Wildman–Crippen MR) is 73.5 cm³/mol. The van der Waals surface area contributed by atoms with Gasteiger partial charge in [-0.25, -0.2) is 13.2 Å². The van der Waals surface area contributed by atoms with Gasteiger partial charge in [-0.05, 0) is 18.9 Å². The van der Waals surface area contributed by atoms with Crippen LogP contribution in [0.15, 0.2) is 12.1 Å². The molecule has 6 heteroatoms. The Hall–Kier alpha value is -1.56. The van der Waals surface area contributed by atoms with E-state index in [1.807, 2.05) is 13.8 Å². The molecule has 1 saturated heterocycles. The summed E-state index contributed by atoms with van der Waals surface area (Å²) in [5.74, 6) is -3.86. The normalized spacial score (nSPS) is 22.4. The molecule has 1 aliphatic rings. The van der Waals surface area contributed by atoms with Crippen molar-refractivity contribution in [1.29, 1.82) is 0 Å². The molecule has 0 radical (unpaired) electrons. The lowest BCUT2D eigenvalue weighted by atomic mass is 9.93. The van der Waals surface area contributed by atoms with Crippen molar-refractivity contribution in [2.75, 3.05) is 19.6 Å². The fraction of sp³-hybridized carbons (Fsp3) is 0.533. The van der Waals surface area contributed by atoms with Crippen LogP contribution in [0.5, 0.6) is 0 Å². The second kappa shape index (κ2) is 6.47. The monoisotopic (exact) mass is 300 g/mol. The van der Waals surface area contributed by atoms with Crippen LogP contribution in [-0.4, -0.2) is 36.5 Å². The molecule has 1 aliphatic heterocycles. The highest BCUT2D eigenvalue weighted by atomic mass is 19.1. The first kappa shape index (κ1) is 15.8. The van der Waals surface area contributed by atoms with E-state index < -0.39 is 28.9 Å². The zero-order valence-electron chi connectivity index (χ0n) is 12.1. The summed E-state index contributed by atoms with van der Waals surface area (Å²) < 4.78 is 40.2. The van der Waals surface area contributed by atoms with E-state index in [1.165, 1.54) is 4.90 Å². The number of halogens is 3. The van der Waals surface area contributed by atoms with Crippen LogP contribution in [0.25, 0.3) is 0 Å². The van der Waals surface area contributed by atoms with Crippen molar-refractivity contribution in [1.82, 2.24) is 10.2 Å². The number of nitrogens with zero attached hydrogens (tertiary/aromatic N) is 1. The quantitative estimate of drug-likeness (QED) is 0.930. The molecule has 0 aliphatic carbocycles. The number of carbonyl (C=O) groups excluding carboxylic acids is 1. The summed E-state index contributed by atoms with van der Waals surface area (Å²) in [6.07, 6.45) is 0.727. The van der Waals surface area contributed by atoms with E-state index in [0.717, 1.165) is 13.0 Å². The van der Waals surface area contributed by atoms with Crippen molar-refractivity contribution >= 4 is 5.91 Å². The van der Waals surface area contributed by atoms with Crippen molar-refractivity contribution in [2.45, 2.75) is 26.3 Å². The fourth-order valence-electron chi connectivity index (χ4n) is 2.80. The summed E-state index contributed by atoms with van der Waals surface area (Å²) in [4.78, 5) is 13.7. The van der Waals surface area contributed by atoms with Crippen LogP contribution in [0.2, 0.25) is 0 Å². The summed E-state index contributed by atoms with van der Waals surface area (Å²) in [6, 6.07) is 1.36. The first-order valence-corrected chi connectivity index (χ1v) is 7.11. The minimum atomic E-state index is -1.15. The number of amides is 1. The molecule has 1 N–H and O–H groups in total. The molecule has 0 bridgehead atoms. The molecule has 1 heterocycles. The van der Waals surface area contributed by atoms with Gasteiger partial charge in [0.2, 0.25) is 0 Å². The SMILES string of the molecule is CCNC1CCN(C(=O)c2c(F)cc(F)cc2F)CC1C. The van der Waals surface area contributed by atoms with Crippen LogP contribution in [0, 0.1) is 23.4 Å². The van der Waals surface area contributed by atoms with Crippen LogP contribution in [0.1, 0.15) is 30.6 Å². The third-order valence-electron chi connectivity index (χ3n) is 3.88. The zero-order valence-corrected chi connectivity index (χ0v) is 12.1. The summed E-state index contributed by atoms with van der Waals surface area (Å²) >= 11 is 0. The van der Waals surface area contributed by atoms with Crippen LogP contribution < -0.4 is 5.32 Å². The van der Waals surface area contributed by atoms with Gasteiger partial charge in [0, 0.05) is 31.3 Å². The van der Waals surface area contributed by atoms with E-state index in [4.69, 9.17) is 0 Å². The fourth-order valence-corrected chi connectivity index (χ4v) is 2.80. The predicted octanol–water partition coefficient (Wildman–Crippen LogP) is 2.56. The lowest BCUT2D eigenvalue weighted by Crippen LogP contribution is -2.50. The molecule has 1 fully saturated rings. The van der Waals surface area contributed by atoms with Crippen LogP contribution in [0.3, 0.4) is 0 Å². The van der Waals surface area contributed by atoms with E-state index in [-0.39, 0.29) is 5.92 Å². The summed E-state index contributed by atoms with van der Waals surface area (Å²) in [7, 11) is 0. The second-order valence-corrected chi connectivity index (χ2v) is 5.43. The maximum Gasteiger partial charge on any atom is 0.259 e. The Balaban J connectivity index is 2.15. The minimum absolute atomic E-state index is 0.189. The third-order valence-corrected chi connectivity index (χ3v) is 3.88. The molecule has 0 saturated carbocycles. The number of benzene rings is 1. The van der Waals surface area contributed by atoms with Gasteiger partial charge in [-0.15, -0.1) is 0 Å². The van der Waals surface area contributed by atoms with Gasteiger partial charge in [-0.3, -0.25) is 4.79 Å². The molecule has 116 valence electrons. The number of hydrogen-bond acceptors (Lipinski definition) is 2. The van der Waals surface area contributed by atoms with E-state index in [1.54, 1.807) is 0 Å². The Labute approximate surface area is 122 Å². The topological polar surface area (TPSA) is 32.3 Å². The number of hydrogen-bond donors (Lipinski definition) is 1. The maximum atomic E-state index is 13.7. The molecule has 2 rings (SSSR count). The molecule has 1 amide bonds. The highest BCUT2D eigenvalue weighted by Gasteiger charge is 2.31. The molecule has 2 unspecified atom stereocenters. The highest BCUT2D eigenvalue weighted by molar-refractivity contribution is 5.94. The van der Waals surface area contributed by atoms with Gasteiger partial charge in [0.1, 0.15) is 23.0 Å². The smallest absolute Gasteiger partial charge is 0.259 e. The van der Waals surface area contributed by atoms with E-state index in [9.17, 15) is 18.0 Å². The average Bonchev–Trinajstić information content (AvgIpc) is 2.40. The van der Waals surface area contributed by atoms with Crippen molar-refractivity contribution in [3.8, 4) is 0 Å². The van der Waals surface area contributed by atoms with Crippen molar-refractivity contribution in [3.63, 3.8) is 0 Å². The van der Waals surface area contributed by atoms with Gasteiger partial charge < -0.3 is 10.2 Å². The van der Waals surface area contributed by atoms with Crippen LogP contribution in [-0.2, 0) is 0 Å². The number of carbonyl (C=O) groups is 1. The van der Waals surface area contributed by atoms with E-state index in [0.29, 0.717) is 31.3 Å². The lowest BCUT2D eigenvalue weighted by Gasteiger charge is -2.37. The van der Waals surface area contributed by atoms with Gasteiger partial charge in [-0.1, -0.05) is 13.8 Å². The minimum Gasteiger partial charge on any atom is -0.338 e. The molecule has 21 heavy (non-hydrogen) atoms. The Bertz CT molecular complexity index is 513. The molecule has 1 aromatic rings. The molecule has 1 aromatic carbocycles. The van der Waals surface area contributed by atoms with Gasteiger partial charge in [0.15, 0.2) is 0 Å². The summed E-state index contributed by atoms with van der Waals surface area (Å²) in [6.45, 7) is 5.69. The average molecular weight is 300 g/mol. The largest absolute Gasteiger partial charge is 0.338 e. The first-order valence-electron chi connectivity index (χ1n) is 7.11. The lowest BCUT2D eigenvalue weighted by molar-refractivity contribution is 0.0636. The summed E-state index contributed by atoms with van der Waals surface area (Å²) in [5.41, 5.74) is -0.675. The standard InChI is InChI=1S/C15H19F3N2O/c1-3-19-13-4-5-20(8-9(13)2)15(21)14-11(17)6-10(16)7-12(14)18/h6-7,9,13,19H,3-5,8H2,1-2H3. The molecular formula is C15H19F3N2O. The maximum absolute atomic E-state index is 13.7. The number of rotatable bonds is 3.